The molecule has 1 N–H and O–H groups in total. The van der Waals surface area contributed by atoms with Crippen LogP contribution in [0.2, 0.25) is 0 Å². The van der Waals surface area contributed by atoms with Crippen molar-refractivity contribution >= 4 is 5.97 Å². The van der Waals surface area contributed by atoms with Crippen molar-refractivity contribution in [2.45, 2.75) is 19.6 Å². The van der Waals surface area contributed by atoms with E-state index < -0.39 is 12.1 Å². The van der Waals surface area contributed by atoms with Crippen molar-refractivity contribution in [1.82, 2.24) is 4.90 Å². The first-order chi connectivity index (χ1) is 9.10. The van der Waals surface area contributed by atoms with Gasteiger partial charge >= 0.3 is 5.97 Å². The van der Waals surface area contributed by atoms with Gasteiger partial charge in [-0.05, 0) is 30.2 Å². The van der Waals surface area contributed by atoms with Crippen molar-refractivity contribution in [3.63, 3.8) is 0 Å². The summed E-state index contributed by atoms with van der Waals surface area (Å²) >= 11 is 0. The van der Waals surface area contributed by atoms with Crippen molar-refractivity contribution < 1.29 is 14.6 Å². The summed E-state index contributed by atoms with van der Waals surface area (Å²) in [6.07, 6.45) is -0.743. The second kappa shape index (κ2) is 5.83. The second-order valence-corrected chi connectivity index (χ2v) is 4.69. The summed E-state index contributed by atoms with van der Waals surface area (Å²) < 4.78 is 5.19. The van der Waals surface area contributed by atoms with Crippen molar-refractivity contribution in [2.24, 2.45) is 0 Å². The Morgan fingerprint density at radius 1 is 1.63 bits per heavy atom. The first kappa shape index (κ1) is 13.5. The molecule has 1 saturated heterocycles. The Kier molecular flexibility index (Phi) is 4.15. The fraction of sp³-hybridized carbons (Fsp3) is 0.429. The molecule has 1 atom stereocenters. The van der Waals surface area contributed by atoms with Crippen molar-refractivity contribution in [3.05, 3.63) is 34.9 Å². The van der Waals surface area contributed by atoms with Crippen LogP contribution in [0.5, 0.6) is 0 Å². The van der Waals surface area contributed by atoms with Gasteiger partial charge in [0.1, 0.15) is 0 Å². The Hall–Kier alpha value is -1.90. The van der Waals surface area contributed by atoms with Crippen molar-refractivity contribution in [1.29, 1.82) is 5.26 Å². The van der Waals surface area contributed by atoms with E-state index >= 15 is 0 Å². The fourth-order valence-corrected chi connectivity index (χ4v) is 2.18. The van der Waals surface area contributed by atoms with Gasteiger partial charge in [-0.25, -0.2) is 4.79 Å². The van der Waals surface area contributed by atoms with Gasteiger partial charge in [0, 0.05) is 19.6 Å². The zero-order valence-electron chi connectivity index (χ0n) is 10.8. The Balaban J connectivity index is 2.05. The number of nitriles is 1. The van der Waals surface area contributed by atoms with Crippen LogP contribution < -0.4 is 0 Å². The summed E-state index contributed by atoms with van der Waals surface area (Å²) in [5, 5.41) is 17.8. The predicted octanol–water partition coefficient (Wildman–Crippen LogP) is 1.15. The van der Waals surface area contributed by atoms with Crippen LogP contribution in [-0.2, 0) is 16.1 Å². The van der Waals surface area contributed by atoms with Crippen LogP contribution in [0, 0.1) is 18.3 Å². The van der Waals surface area contributed by atoms with E-state index in [1.54, 1.807) is 6.07 Å². The van der Waals surface area contributed by atoms with E-state index in [1.165, 1.54) is 0 Å². The molecule has 0 radical (unpaired) electrons. The highest BCUT2D eigenvalue weighted by atomic mass is 16.5. The average molecular weight is 260 g/mol. The SMILES string of the molecule is Cc1cc(C#N)ccc1CN1CCOC(C(=O)O)C1. The summed E-state index contributed by atoms with van der Waals surface area (Å²) in [6, 6.07) is 7.68. The summed E-state index contributed by atoms with van der Waals surface area (Å²) in [6.45, 7) is 4.21. The average Bonchev–Trinajstić information content (AvgIpc) is 2.41. The van der Waals surface area contributed by atoms with E-state index in [-0.39, 0.29) is 0 Å². The lowest BCUT2D eigenvalue weighted by molar-refractivity contribution is -0.156. The number of hydrogen-bond acceptors (Lipinski definition) is 4. The summed E-state index contributed by atoms with van der Waals surface area (Å²) in [5.41, 5.74) is 2.81. The highest BCUT2D eigenvalue weighted by Gasteiger charge is 2.26. The Bertz CT molecular complexity index is 522. The predicted molar refractivity (Wildman–Crippen MR) is 68.5 cm³/mol. The van der Waals surface area contributed by atoms with Gasteiger partial charge in [-0.2, -0.15) is 5.26 Å². The normalized spacial score (nSPS) is 19.9. The molecule has 5 heteroatoms. The number of hydrogen-bond donors (Lipinski definition) is 1. The number of carboxylic acids is 1. The molecular formula is C14H16N2O3. The summed E-state index contributed by atoms with van der Waals surface area (Å²) in [4.78, 5) is 13.0. The van der Waals surface area contributed by atoms with Crippen molar-refractivity contribution in [3.8, 4) is 6.07 Å². The van der Waals surface area contributed by atoms with Gasteiger partial charge in [0.15, 0.2) is 6.10 Å². The molecule has 0 saturated carbocycles. The Morgan fingerprint density at radius 3 is 3.05 bits per heavy atom. The van der Waals surface area contributed by atoms with Gasteiger partial charge in [-0.15, -0.1) is 0 Å². The first-order valence-electron chi connectivity index (χ1n) is 6.16. The molecule has 1 unspecified atom stereocenters. The van der Waals surface area contributed by atoms with Crippen LogP contribution in [0.1, 0.15) is 16.7 Å². The van der Waals surface area contributed by atoms with E-state index in [9.17, 15) is 4.79 Å². The standard InChI is InChI=1S/C14H16N2O3/c1-10-6-11(7-15)2-3-12(10)8-16-4-5-19-13(9-16)14(17)18/h2-3,6,13H,4-5,8-9H2,1H3,(H,17,18). The molecule has 2 rings (SSSR count). The maximum absolute atomic E-state index is 10.9. The Labute approximate surface area is 112 Å². The van der Waals surface area contributed by atoms with Gasteiger partial charge < -0.3 is 9.84 Å². The Morgan fingerprint density at radius 2 is 2.42 bits per heavy atom. The highest BCUT2D eigenvalue weighted by Crippen LogP contribution is 2.15. The number of morpholine rings is 1. The molecule has 100 valence electrons. The minimum absolute atomic E-state index is 0.398. The van der Waals surface area contributed by atoms with Gasteiger partial charge in [0.05, 0.1) is 18.2 Å². The molecule has 0 spiro atoms. The smallest absolute Gasteiger partial charge is 0.334 e. The number of ether oxygens (including phenoxy) is 1. The molecule has 0 aliphatic carbocycles. The van der Waals surface area contributed by atoms with Crippen LogP contribution in [0.4, 0.5) is 0 Å². The van der Waals surface area contributed by atoms with Gasteiger partial charge in [0.2, 0.25) is 0 Å². The largest absolute Gasteiger partial charge is 0.479 e. The molecule has 0 aromatic heterocycles. The third-order valence-corrected chi connectivity index (χ3v) is 3.29. The van der Waals surface area contributed by atoms with E-state index in [4.69, 9.17) is 15.1 Å². The van der Waals surface area contributed by atoms with Crippen LogP contribution in [0.15, 0.2) is 18.2 Å². The van der Waals surface area contributed by atoms with Gasteiger partial charge in [-0.3, -0.25) is 4.90 Å². The minimum Gasteiger partial charge on any atom is -0.479 e. The zero-order chi connectivity index (χ0) is 13.8. The number of carbonyl (C=O) groups is 1. The molecule has 19 heavy (non-hydrogen) atoms. The fourth-order valence-electron chi connectivity index (χ4n) is 2.18. The molecule has 5 nitrogen and oxygen atoms in total. The molecule has 0 amide bonds. The maximum Gasteiger partial charge on any atom is 0.334 e. The van der Waals surface area contributed by atoms with E-state index in [0.29, 0.717) is 25.3 Å². The number of rotatable bonds is 3. The molecule has 1 aliphatic rings. The van der Waals surface area contributed by atoms with E-state index in [0.717, 1.165) is 17.7 Å². The lowest BCUT2D eigenvalue weighted by Gasteiger charge is -2.31. The lowest BCUT2D eigenvalue weighted by Crippen LogP contribution is -2.45. The molecule has 1 aromatic rings. The van der Waals surface area contributed by atoms with Crippen LogP contribution >= 0.6 is 0 Å². The number of carboxylic acid groups (broad SMARTS) is 1. The number of nitrogens with zero attached hydrogens (tertiary/aromatic N) is 2. The minimum atomic E-state index is -0.916. The highest BCUT2D eigenvalue weighted by molar-refractivity contribution is 5.72. The molecule has 1 aliphatic heterocycles. The van der Waals surface area contributed by atoms with Crippen molar-refractivity contribution in [2.75, 3.05) is 19.7 Å². The number of aryl methyl sites for hydroxylation is 1. The van der Waals surface area contributed by atoms with Crippen LogP contribution in [-0.4, -0.2) is 41.8 Å². The molecular weight excluding hydrogens is 244 g/mol. The zero-order valence-corrected chi connectivity index (χ0v) is 10.8. The topological polar surface area (TPSA) is 73.6 Å². The first-order valence-corrected chi connectivity index (χ1v) is 6.16. The van der Waals surface area contributed by atoms with Crippen LogP contribution in [0.25, 0.3) is 0 Å². The van der Waals surface area contributed by atoms with Crippen LogP contribution in [0.3, 0.4) is 0 Å². The summed E-state index contributed by atoms with van der Waals surface area (Å²) in [5.74, 6) is -0.916. The molecule has 0 bridgehead atoms. The summed E-state index contributed by atoms with van der Waals surface area (Å²) in [7, 11) is 0. The third-order valence-electron chi connectivity index (χ3n) is 3.29. The van der Waals surface area contributed by atoms with Gasteiger partial charge in [-0.1, -0.05) is 6.07 Å². The number of aliphatic carboxylic acids is 1. The monoisotopic (exact) mass is 260 g/mol. The van der Waals surface area contributed by atoms with E-state index in [2.05, 4.69) is 11.0 Å². The quantitative estimate of drug-likeness (QED) is 0.882. The molecule has 1 fully saturated rings. The molecule has 1 aromatic carbocycles. The van der Waals surface area contributed by atoms with E-state index in [1.807, 2.05) is 19.1 Å². The third kappa shape index (κ3) is 3.31. The number of benzene rings is 1. The lowest BCUT2D eigenvalue weighted by atomic mass is 10.0. The maximum atomic E-state index is 10.9. The second-order valence-electron chi connectivity index (χ2n) is 4.69. The van der Waals surface area contributed by atoms with Gasteiger partial charge in [0.25, 0.3) is 0 Å². The molecule has 1 heterocycles.